The molecule has 0 aliphatic carbocycles. The first-order valence-corrected chi connectivity index (χ1v) is 8.32. The first kappa shape index (κ1) is 16.4. The minimum Gasteiger partial charge on any atom is -0.456 e. The summed E-state index contributed by atoms with van der Waals surface area (Å²) in [7, 11) is 0. The number of para-hydroxylation sites is 1. The zero-order valence-electron chi connectivity index (χ0n) is 12.6. The number of rotatable bonds is 4. The van der Waals surface area contributed by atoms with Crippen molar-refractivity contribution in [2.24, 2.45) is 0 Å². The lowest BCUT2D eigenvalue weighted by Crippen LogP contribution is -2.26. The van der Waals surface area contributed by atoms with Gasteiger partial charge in [-0.3, -0.25) is 19.8 Å². The van der Waals surface area contributed by atoms with Crippen molar-refractivity contribution in [3.05, 3.63) is 57.2 Å². The minimum absolute atomic E-state index is 0.0239. The fraction of sp³-hybridized carbons (Fsp3) is 0.125. The van der Waals surface area contributed by atoms with Crippen LogP contribution in [0.1, 0.15) is 12.7 Å². The lowest BCUT2D eigenvalue weighted by atomic mass is 10.1. The van der Waals surface area contributed by atoms with Gasteiger partial charge in [-0.1, -0.05) is 24.4 Å². The molecule has 1 fully saturated rings. The van der Waals surface area contributed by atoms with Gasteiger partial charge in [0.2, 0.25) is 0 Å². The lowest BCUT2D eigenvalue weighted by molar-refractivity contribution is -0.384. The Morgan fingerprint density at radius 2 is 2.08 bits per heavy atom. The zero-order valence-corrected chi connectivity index (χ0v) is 14.2. The smallest absolute Gasteiger partial charge is 0.291 e. The van der Waals surface area contributed by atoms with Crippen molar-refractivity contribution in [3.63, 3.8) is 0 Å². The van der Waals surface area contributed by atoms with E-state index in [1.807, 2.05) is 6.92 Å². The number of hydrogen-bond donors (Lipinski definition) is 0. The van der Waals surface area contributed by atoms with Gasteiger partial charge in [0, 0.05) is 12.6 Å². The van der Waals surface area contributed by atoms with E-state index in [1.165, 1.54) is 11.0 Å². The van der Waals surface area contributed by atoms with Gasteiger partial charge in [0.05, 0.1) is 15.4 Å². The number of furan rings is 1. The van der Waals surface area contributed by atoms with E-state index in [0.29, 0.717) is 33.5 Å². The van der Waals surface area contributed by atoms with Crippen LogP contribution in [0.25, 0.3) is 17.4 Å². The van der Waals surface area contributed by atoms with Gasteiger partial charge in [-0.15, -0.1) is 0 Å². The van der Waals surface area contributed by atoms with Crippen molar-refractivity contribution in [3.8, 4) is 11.3 Å². The molecular formula is C16H12N2O4S2. The molecule has 0 unspecified atom stereocenters. The standard InChI is InChI=1S/C16H12N2O4S2/c1-2-17-15(23)14(24-16(17)19)9-10-7-8-13(22-10)11-5-3-4-6-12(11)18(20)21/h3-9H,2H2,1H3/b14-9+. The first-order chi connectivity index (χ1) is 11.5. The molecule has 1 amide bonds. The van der Waals surface area contributed by atoms with Gasteiger partial charge in [0.1, 0.15) is 16.5 Å². The molecule has 0 spiro atoms. The lowest BCUT2D eigenvalue weighted by Gasteiger charge is -2.09. The van der Waals surface area contributed by atoms with Crippen molar-refractivity contribution in [1.82, 2.24) is 4.90 Å². The second-order valence-corrected chi connectivity index (χ2v) is 6.28. The van der Waals surface area contributed by atoms with Crippen LogP contribution >= 0.6 is 24.0 Å². The minimum atomic E-state index is -0.449. The maximum Gasteiger partial charge on any atom is 0.291 e. The number of amides is 1. The number of nitro benzene ring substituents is 1. The van der Waals surface area contributed by atoms with Gasteiger partial charge < -0.3 is 4.42 Å². The van der Waals surface area contributed by atoms with E-state index in [2.05, 4.69) is 0 Å². The molecule has 3 rings (SSSR count). The van der Waals surface area contributed by atoms with E-state index < -0.39 is 4.92 Å². The highest BCUT2D eigenvalue weighted by molar-refractivity contribution is 8.19. The first-order valence-electron chi connectivity index (χ1n) is 7.10. The average Bonchev–Trinajstić information content (AvgIpc) is 3.13. The van der Waals surface area contributed by atoms with Gasteiger partial charge in [-0.25, -0.2) is 0 Å². The molecule has 6 nitrogen and oxygen atoms in total. The van der Waals surface area contributed by atoms with Crippen molar-refractivity contribution >= 4 is 46.0 Å². The summed E-state index contributed by atoms with van der Waals surface area (Å²) >= 11 is 6.33. The van der Waals surface area contributed by atoms with Gasteiger partial charge in [0.25, 0.3) is 10.9 Å². The van der Waals surface area contributed by atoms with Crippen molar-refractivity contribution in [2.75, 3.05) is 6.54 Å². The molecule has 24 heavy (non-hydrogen) atoms. The maximum absolute atomic E-state index is 11.8. The van der Waals surface area contributed by atoms with Crippen LogP contribution in [0.2, 0.25) is 0 Å². The van der Waals surface area contributed by atoms with Gasteiger partial charge >= 0.3 is 0 Å². The molecule has 122 valence electrons. The predicted molar refractivity (Wildman–Crippen MR) is 96.7 cm³/mol. The fourth-order valence-electron chi connectivity index (χ4n) is 2.32. The number of nitrogens with zero attached hydrogens (tertiary/aromatic N) is 2. The second kappa shape index (κ2) is 6.58. The number of carbonyl (C=O) groups is 1. The molecule has 0 bridgehead atoms. The van der Waals surface area contributed by atoms with Crippen molar-refractivity contribution < 1.29 is 14.1 Å². The average molecular weight is 360 g/mol. The summed E-state index contributed by atoms with van der Waals surface area (Å²) in [5, 5.41) is 11.0. The molecule has 1 saturated heterocycles. The van der Waals surface area contributed by atoms with Crippen LogP contribution in [0.5, 0.6) is 0 Å². The fourth-order valence-corrected chi connectivity index (χ4v) is 3.66. The van der Waals surface area contributed by atoms with E-state index in [4.69, 9.17) is 16.6 Å². The summed E-state index contributed by atoms with van der Waals surface area (Å²) in [4.78, 5) is 25.1. The van der Waals surface area contributed by atoms with Gasteiger partial charge in [0.15, 0.2) is 0 Å². The summed E-state index contributed by atoms with van der Waals surface area (Å²) in [6.45, 7) is 2.37. The Hall–Kier alpha value is -2.45. The second-order valence-electron chi connectivity index (χ2n) is 4.90. The Balaban J connectivity index is 1.93. The predicted octanol–water partition coefficient (Wildman–Crippen LogP) is 4.71. The molecule has 1 aromatic carbocycles. The number of thioether (sulfide) groups is 1. The Morgan fingerprint density at radius 3 is 2.75 bits per heavy atom. The molecule has 0 radical (unpaired) electrons. The van der Waals surface area contributed by atoms with E-state index >= 15 is 0 Å². The van der Waals surface area contributed by atoms with Crippen molar-refractivity contribution in [1.29, 1.82) is 0 Å². The third-order valence-electron chi connectivity index (χ3n) is 3.46. The van der Waals surface area contributed by atoms with Crippen LogP contribution < -0.4 is 0 Å². The monoisotopic (exact) mass is 360 g/mol. The highest BCUT2D eigenvalue weighted by Gasteiger charge is 2.30. The van der Waals surface area contributed by atoms with E-state index in [9.17, 15) is 14.9 Å². The van der Waals surface area contributed by atoms with E-state index in [1.54, 1.807) is 36.4 Å². The Kier molecular flexibility index (Phi) is 4.50. The number of hydrogen-bond acceptors (Lipinski definition) is 6. The Morgan fingerprint density at radius 1 is 1.33 bits per heavy atom. The topological polar surface area (TPSA) is 76.6 Å². The summed E-state index contributed by atoms with van der Waals surface area (Å²) < 4.78 is 5.69. The maximum atomic E-state index is 11.8. The largest absolute Gasteiger partial charge is 0.456 e. The number of thiocarbonyl (C=S) groups is 1. The number of likely N-dealkylation sites (N-methyl/N-ethyl adjacent to an activating group) is 1. The summed E-state index contributed by atoms with van der Waals surface area (Å²) in [6, 6.07) is 9.73. The molecule has 0 N–H and O–H groups in total. The SMILES string of the molecule is CCN1C(=O)S/C(=C/c2ccc(-c3ccccc3[N+](=O)[O-])o2)C1=S. The Bertz CT molecular complexity index is 872. The summed E-state index contributed by atoms with van der Waals surface area (Å²) in [5.41, 5.74) is 0.379. The summed E-state index contributed by atoms with van der Waals surface area (Å²) in [6.07, 6.45) is 1.68. The van der Waals surface area contributed by atoms with Crippen LogP contribution in [0.3, 0.4) is 0 Å². The Labute approximate surface area is 147 Å². The number of benzene rings is 1. The van der Waals surface area contributed by atoms with E-state index in [0.717, 1.165) is 11.8 Å². The molecule has 8 heteroatoms. The highest BCUT2D eigenvalue weighted by atomic mass is 32.2. The van der Waals surface area contributed by atoms with Crippen LogP contribution in [0.15, 0.2) is 45.7 Å². The molecule has 1 aromatic heterocycles. The van der Waals surface area contributed by atoms with Crippen LogP contribution in [0.4, 0.5) is 10.5 Å². The molecule has 0 atom stereocenters. The zero-order chi connectivity index (χ0) is 17.3. The molecule has 2 aromatic rings. The highest BCUT2D eigenvalue weighted by Crippen LogP contribution is 2.35. The van der Waals surface area contributed by atoms with Crippen LogP contribution in [-0.4, -0.2) is 26.6 Å². The number of carbonyl (C=O) groups excluding carboxylic acids is 1. The third-order valence-corrected chi connectivity index (χ3v) is 4.95. The van der Waals surface area contributed by atoms with Gasteiger partial charge in [-0.05, 0) is 43.0 Å². The molecular weight excluding hydrogens is 348 g/mol. The third kappa shape index (κ3) is 2.98. The van der Waals surface area contributed by atoms with Crippen LogP contribution in [-0.2, 0) is 0 Å². The van der Waals surface area contributed by atoms with Crippen LogP contribution in [0, 0.1) is 10.1 Å². The molecule has 0 saturated carbocycles. The quantitative estimate of drug-likeness (QED) is 0.340. The molecule has 1 aliphatic rings. The van der Waals surface area contributed by atoms with E-state index in [-0.39, 0.29) is 10.9 Å². The molecule has 2 heterocycles. The van der Waals surface area contributed by atoms with Gasteiger partial charge in [-0.2, -0.15) is 0 Å². The summed E-state index contributed by atoms with van der Waals surface area (Å²) in [5.74, 6) is 0.875. The number of nitro groups is 1. The molecule has 1 aliphatic heterocycles. The normalized spacial score (nSPS) is 16.2. The van der Waals surface area contributed by atoms with Crippen molar-refractivity contribution in [2.45, 2.75) is 6.92 Å².